The van der Waals surface area contributed by atoms with E-state index in [1.807, 2.05) is 6.07 Å². The summed E-state index contributed by atoms with van der Waals surface area (Å²) in [7, 11) is 0. The molecule has 0 saturated heterocycles. The number of ether oxygens (including phenoxy) is 1. The van der Waals surface area contributed by atoms with Gasteiger partial charge in [-0.3, -0.25) is 0 Å². The molecule has 0 bridgehead atoms. The molecule has 1 atom stereocenters. The van der Waals surface area contributed by atoms with Gasteiger partial charge >= 0.3 is 0 Å². The van der Waals surface area contributed by atoms with Crippen molar-refractivity contribution in [3.63, 3.8) is 0 Å². The van der Waals surface area contributed by atoms with E-state index in [1.54, 1.807) is 0 Å². The Kier molecular flexibility index (Phi) is 7.74. The maximum absolute atomic E-state index is 5.98. The van der Waals surface area contributed by atoms with Crippen LogP contribution in [-0.2, 0) is 4.74 Å². The molecule has 0 spiro atoms. The average molecular weight is 233 g/mol. The van der Waals surface area contributed by atoms with Crippen molar-refractivity contribution in [2.24, 2.45) is 0 Å². The minimum atomic E-state index is 0.232. The van der Waals surface area contributed by atoms with Gasteiger partial charge in [0.05, 0.1) is 6.10 Å². The second-order valence-corrected chi connectivity index (χ2v) is 4.47. The molecule has 0 heterocycles. The lowest BCUT2D eigenvalue weighted by Gasteiger charge is -2.17. The molecule has 1 radical (unpaired) electrons. The lowest BCUT2D eigenvalue weighted by Crippen LogP contribution is -2.05. The van der Waals surface area contributed by atoms with Crippen LogP contribution >= 0.6 is 0 Å². The van der Waals surface area contributed by atoms with E-state index >= 15 is 0 Å². The van der Waals surface area contributed by atoms with Crippen molar-refractivity contribution >= 4 is 0 Å². The molecule has 95 valence electrons. The summed E-state index contributed by atoms with van der Waals surface area (Å²) in [5.41, 5.74) is 1.28. The number of hydrogen-bond acceptors (Lipinski definition) is 1. The summed E-state index contributed by atoms with van der Waals surface area (Å²) in [5.74, 6) is 0. The fourth-order valence-electron chi connectivity index (χ4n) is 1.95. The first kappa shape index (κ1) is 14.2. The molecule has 0 amide bonds. The quantitative estimate of drug-likeness (QED) is 0.549. The van der Waals surface area contributed by atoms with E-state index in [1.165, 1.54) is 31.2 Å². The smallest absolute Gasteiger partial charge is 0.0824 e. The highest BCUT2D eigenvalue weighted by Gasteiger charge is 2.09. The highest BCUT2D eigenvalue weighted by atomic mass is 16.5. The van der Waals surface area contributed by atoms with Crippen molar-refractivity contribution in [3.8, 4) is 0 Å². The Morgan fingerprint density at radius 2 is 1.88 bits per heavy atom. The van der Waals surface area contributed by atoms with Crippen LogP contribution in [-0.4, -0.2) is 6.61 Å². The van der Waals surface area contributed by atoms with E-state index in [9.17, 15) is 0 Å². The number of benzene rings is 1. The zero-order valence-corrected chi connectivity index (χ0v) is 11.0. The van der Waals surface area contributed by atoms with Gasteiger partial charge in [0.2, 0.25) is 0 Å². The molecule has 1 rings (SSSR count). The van der Waals surface area contributed by atoms with Crippen molar-refractivity contribution in [2.75, 3.05) is 6.61 Å². The molecule has 17 heavy (non-hydrogen) atoms. The van der Waals surface area contributed by atoms with Gasteiger partial charge in [-0.05, 0) is 18.4 Å². The molecule has 0 N–H and O–H groups in total. The third-order valence-corrected chi connectivity index (χ3v) is 2.95. The SMILES string of the molecule is [CH2]CCC(OCCCCCC)c1ccccc1. The fraction of sp³-hybridized carbons (Fsp3) is 0.562. The van der Waals surface area contributed by atoms with Crippen molar-refractivity contribution in [2.45, 2.75) is 51.6 Å². The molecule has 1 unspecified atom stereocenters. The summed E-state index contributed by atoms with van der Waals surface area (Å²) < 4.78 is 5.98. The van der Waals surface area contributed by atoms with Crippen LogP contribution in [0.4, 0.5) is 0 Å². The molecule has 0 fully saturated rings. The summed E-state index contributed by atoms with van der Waals surface area (Å²) in [6.45, 7) is 7.04. The second-order valence-electron chi connectivity index (χ2n) is 4.47. The van der Waals surface area contributed by atoms with Crippen LogP contribution < -0.4 is 0 Å². The van der Waals surface area contributed by atoms with Gasteiger partial charge in [0.1, 0.15) is 0 Å². The molecule has 1 aromatic rings. The van der Waals surface area contributed by atoms with Gasteiger partial charge in [0.15, 0.2) is 0 Å². The molecule has 1 nitrogen and oxygen atoms in total. The van der Waals surface area contributed by atoms with Crippen LogP contribution in [0.1, 0.15) is 57.1 Å². The predicted octanol–water partition coefficient (Wildman–Crippen LogP) is 4.94. The first-order valence-electron chi connectivity index (χ1n) is 6.84. The molecule has 0 aliphatic heterocycles. The summed E-state index contributed by atoms with van der Waals surface area (Å²) in [6, 6.07) is 10.5. The third kappa shape index (κ3) is 5.88. The lowest BCUT2D eigenvalue weighted by atomic mass is 10.1. The topological polar surface area (TPSA) is 9.23 Å². The Hall–Kier alpha value is -0.820. The van der Waals surface area contributed by atoms with Crippen molar-refractivity contribution in [1.29, 1.82) is 0 Å². The van der Waals surface area contributed by atoms with Crippen molar-refractivity contribution in [3.05, 3.63) is 42.8 Å². The van der Waals surface area contributed by atoms with Crippen LogP contribution in [0, 0.1) is 6.92 Å². The Balaban J connectivity index is 2.33. The number of rotatable bonds is 9. The summed E-state index contributed by atoms with van der Waals surface area (Å²) >= 11 is 0. The normalized spacial score (nSPS) is 12.6. The Labute approximate surface area is 106 Å². The summed E-state index contributed by atoms with van der Waals surface area (Å²) in [5, 5.41) is 0. The van der Waals surface area contributed by atoms with Gasteiger partial charge in [0, 0.05) is 6.61 Å². The van der Waals surface area contributed by atoms with Gasteiger partial charge in [-0.2, -0.15) is 0 Å². The monoisotopic (exact) mass is 233 g/mol. The van der Waals surface area contributed by atoms with Crippen LogP contribution in [0.5, 0.6) is 0 Å². The first-order valence-corrected chi connectivity index (χ1v) is 6.84. The molecule has 0 aliphatic carbocycles. The zero-order chi connectivity index (χ0) is 12.3. The molecule has 0 aromatic heterocycles. The van der Waals surface area contributed by atoms with E-state index in [0.717, 1.165) is 19.4 Å². The summed E-state index contributed by atoms with van der Waals surface area (Å²) in [4.78, 5) is 0. The highest BCUT2D eigenvalue weighted by molar-refractivity contribution is 5.17. The van der Waals surface area contributed by atoms with Gasteiger partial charge in [0.25, 0.3) is 0 Å². The molecule has 0 aliphatic rings. The van der Waals surface area contributed by atoms with Crippen LogP contribution in [0.3, 0.4) is 0 Å². The van der Waals surface area contributed by atoms with E-state index in [2.05, 4.69) is 38.1 Å². The van der Waals surface area contributed by atoms with E-state index in [0.29, 0.717) is 0 Å². The van der Waals surface area contributed by atoms with Gasteiger partial charge in [-0.25, -0.2) is 0 Å². The second kappa shape index (κ2) is 9.23. The van der Waals surface area contributed by atoms with Gasteiger partial charge in [-0.1, -0.05) is 69.9 Å². The lowest BCUT2D eigenvalue weighted by molar-refractivity contribution is 0.0445. The average Bonchev–Trinajstić information content (AvgIpc) is 2.38. The summed E-state index contributed by atoms with van der Waals surface area (Å²) in [6.07, 6.45) is 7.22. The largest absolute Gasteiger partial charge is 0.374 e. The zero-order valence-electron chi connectivity index (χ0n) is 11.0. The first-order chi connectivity index (χ1) is 8.38. The van der Waals surface area contributed by atoms with Crippen molar-refractivity contribution < 1.29 is 4.74 Å². The van der Waals surface area contributed by atoms with E-state index in [-0.39, 0.29) is 6.10 Å². The Morgan fingerprint density at radius 3 is 2.53 bits per heavy atom. The molecular formula is C16H25O. The number of unbranched alkanes of at least 4 members (excludes halogenated alkanes) is 3. The Morgan fingerprint density at radius 1 is 1.12 bits per heavy atom. The highest BCUT2D eigenvalue weighted by Crippen LogP contribution is 2.22. The van der Waals surface area contributed by atoms with Crippen LogP contribution in [0.25, 0.3) is 0 Å². The molecular weight excluding hydrogens is 208 g/mol. The van der Waals surface area contributed by atoms with Crippen LogP contribution in [0.15, 0.2) is 30.3 Å². The maximum atomic E-state index is 5.98. The fourth-order valence-corrected chi connectivity index (χ4v) is 1.95. The van der Waals surface area contributed by atoms with Crippen LogP contribution in [0.2, 0.25) is 0 Å². The molecule has 0 saturated carbocycles. The van der Waals surface area contributed by atoms with Gasteiger partial charge < -0.3 is 4.74 Å². The standard InChI is InChI=1S/C16H25O/c1-3-5-6-10-14-17-16(11-4-2)15-12-8-7-9-13-15/h7-9,12-13,16H,2-6,10-11,14H2,1H3. The van der Waals surface area contributed by atoms with E-state index < -0.39 is 0 Å². The Bertz CT molecular complexity index is 268. The van der Waals surface area contributed by atoms with Crippen molar-refractivity contribution in [1.82, 2.24) is 0 Å². The third-order valence-electron chi connectivity index (χ3n) is 2.95. The minimum absolute atomic E-state index is 0.232. The molecule has 1 aromatic carbocycles. The number of hydrogen-bond donors (Lipinski definition) is 0. The van der Waals surface area contributed by atoms with Gasteiger partial charge in [-0.15, -0.1) is 0 Å². The molecule has 1 heteroatoms. The minimum Gasteiger partial charge on any atom is -0.374 e. The predicted molar refractivity (Wildman–Crippen MR) is 73.9 cm³/mol. The maximum Gasteiger partial charge on any atom is 0.0824 e. The van der Waals surface area contributed by atoms with E-state index in [4.69, 9.17) is 4.74 Å².